The molecule has 0 aliphatic heterocycles. The van der Waals surface area contributed by atoms with Crippen LogP contribution < -0.4 is 5.32 Å². The van der Waals surface area contributed by atoms with Crippen molar-refractivity contribution in [3.8, 4) is 0 Å². The van der Waals surface area contributed by atoms with Crippen LogP contribution in [-0.2, 0) is 6.42 Å². The fourth-order valence-electron chi connectivity index (χ4n) is 2.24. The molecule has 0 amide bonds. The Morgan fingerprint density at radius 1 is 1.15 bits per heavy atom. The van der Waals surface area contributed by atoms with Crippen LogP contribution in [0.15, 0.2) is 46.9 Å². The summed E-state index contributed by atoms with van der Waals surface area (Å²) in [5.74, 6) is -0.214. The van der Waals surface area contributed by atoms with Crippen LogP contribution in [0.25, 0.3) is 0 Å². The average Bonchev–Trinajstić information content (AvgIpc) is 2.44. The average molecular weight is 336 g/mol. The lowest BCUT2D eigenvalue weighted by atomic mass is 9.98. The van der Waals surface area contributed by atoms with E-state index in [0.29, 0.717) is 4.47 Å². The minimum Gasteiger partial charge on any atom is -0.310 e. The lowest BCUT2D eigenvalue weighted by Gasteiger charge is -2.19. The molecule has 106 valence electrons. The summed E-state index contributed by atoms with van der Waals surface area (Å²) in [6.07, 6.45) is 0.856. The molecule has 2 aromatic rings. The van der Waals surface area contributed by atoms with E-state index in [1.165, 1.54) is 11.1 Å². The topological polar surface area (TPSA) is 12.0 Å². The second-order valence-corrected chi connectivity index (χ2v) is 5.83. The van der Waals surface area contributed by atoms with Crippen LogP contribution in [0.5, 0.6) is 0 Å². The zero-order valence-corrected chi connectivity index (χ0v) is 13.4. The molecule has 2 rings (SSSR count). The maximum atomic E-state index is 13.7. The molecule has 2 aromatic carbocycles. The molecule has 0 saturated heterocycles. The molecule has 0 radical (unpaired) electrons. The SMILES string of the molecule is CCNC(Cc1ccc(C)cc1)c1ccc(Br)c(F)c1. The van der Waals surface area contributed by atoms with Crippen molar-refractivity contribution in [2.45, 2.75) is 26.3 Å². The Hall–Kier alpha value is -1.19. The van der Waals surface area contributed by atoms with Gasteiger partial charge in [-0.25, -0.2) is 4.39 Å². The molecule has 1 nitrogen and oxygen atoms in total. The molecule has 0 fully saturated rings. The first-order chi connectivity index (χ1) is 9.60. The van der Waals surface area contributed by atoms with Gasteiger partial charge in [-0.1, -0.05) is 42.8 Å². The highest BCUT2D eigenvalue weighted by molar-refractivity contribution is 9.10. The molecule has 1 N–H and O–H groups in total. The van der Waals surface area contributed by atoms with E-state index in [2.05, 4.69) is 59.4 Å². The van der Waals surface area contributed by atoms with E-state index >= 15 is 0 Å². The first-order valence-corrected chi connectivity index (χ1v) is 7.63. The lowest BCUT2D eigenvalue weighted by molar-refractivity contribution is 0.542. The van der Waals surface area contributed by atoms with Crippen molar-refractivity contribution in [2.24, 2.45) is 0 Å². The van der Waals surface area contributed by atoms with Gasteiger partial charge in [0.25, 0.3) is 0 Å². The molecule has 0 aromatic heterocycles. The molecule has 0 heterocycles. The van der Waals surface area contributed by atoms with Crippen LogP contribution in [0.2, 0.25) is 0 Å². The van der Waals surface area contributed by atoms with Gasteiger partial charge in [-0.2, -0.15) is 0 Å². The fraction of sp³-hybridized carbons (Fsp3) is 0.294. The number of hydrogen-bond donors (Lipinski definition) is 1. The molecule has 3 heteroatoms. The van der Waals surface area contributed by atoms with Crippen molar-refractivity contribution < 1.29 is 4.39 Å². The third-order valence-corrected chi connectivity index (χ3v) is 4.00. The summed E-state index contributed by atoms with van der Waals surface area (Å²) in [4.78, 5) is 0. The van der Waals surface area contributed by atoms with E-state index in [-0.39, 0.29) is 11.9 Å². The third-order valence-electron chi connectivity index (χ3n) is 3.36. The summed E-state index contributed by atoms with van der Waals surface area (Å²) in [7, 11) is 0. The van der Waals surface area contributed by atoms with Crippen LogP contribution >= 0.6 is 15.9 Å². The van der Waals surface area contributed by atoms with Crippen LogP contribution in [0, 0.1) is 12.7 Å². The van der Waals surface area contributed by atoms with Crippen LogP contribution in [0.4, 0.5) is 4.39 Å². The second-order valence-electron chi connectivity index (χ2n) is 4.97. The van der Waals surface area contributed by atoms with Crippen molar-refractivity contribution in [2.75, 3.05) is 6.54 Å². The van der Waals surface area contributed by atoms with Gasteiger partial charge < -0.3 is 5.32 Å². The summed E-state index contributed by atoms with van der Waals surface area (Å²) in [5.41, 5.74) is 3.49. The number of likely N-dealkylation sites (N-methyl/N-ethyl adjacent to an activating group) is 1. The van der Waals surface area contributed by atoms with Gasteiger partial charge in [-0.05, 0) is 59.1 Å². The van der Waals surface area contributed by atoms with Gasteiger partial charge in [0.2, 0.25) is 0 Å². The Kier molecular flexibility index (Phi) is 5.32. The van der Waals surface area contributed by atoms with Crippen molar-refractivity contribution in [1.29, 1.82) is 0 Å². The molecule has 0 spiro atoms. The molecule has 20 heavy (non-hydrogen) atoms. The standard InChI is InChI=1S/C17H19BrFN/c1-3-20-17(10-13-6-4-12(2)5-7-13)14-8-9-15(18)16(19)11-14/h4-9,11,17,20H,3,10H2,1-2H3. The smallest absolute Gasteiger partial charge is 0.137 e. The largest absolute Gasteiger partial charge is 0.310 e. The van der Waals surface area contributed by atoms with Gasteiger partial charge in [-0.15, -0.1) is 0 Å². The molecule has 1 unspecified atom stereocenters. The Balaban J connectivity index is 2.21. The van der Waals surface area contributed by atoms with E-state index in [0.717, 1.165) is 18.5 Å². The van der Waals surface area contributed by atoms with E-state index in [1.54, 1.807) is 12.1 Å². The van der Waals surface area contributed by atoms with Gasteiger partial charge in [0.05, 0.1) is 4.47 Å². The summed E-state index contributed by atoms with van der Waals surface area (Å²) in [6.45, 7) is 5.00. The third kappa shape index (κ3) is 3.90. The Labute approximate surface area is 128 Å². The molecular weight excluding hydrogens is 317 g/mol. The fourth-order valence-corrected chi connectivity index (χ4v) is 2.49. The van der Waals surface area contributed by atoms with Crippen LogP contribution in [0.3, 0.4) is 0 Å². The Morgan fingerprint density at radius 2 is 1.85 bits per heavy atom. The first kappa shape index (κ1) is 15.2. The summed E-state index contributed by atoms with van der Waals surface area (Å²) in [5, 5.41) is 3.43. The quantitative estimate of drug-likeness (QED) is 0.828. The van der Waals surface area contributed by atoms with Gasteiger partial charge in [0.1, 0.15) is 5.82 Å². The van der Waals surface area contributed by atoms with Gasteiger partial charge >= 0.3 is 0 Å². The first-order valence-electron chi connectivity index (χ1n) is 6.84. The van der Waals surface area contributed by atoms with Gasteiger partial charge in [0.15, 0.2) is 0 Å². The van der Waals surface area contributed by atoms with Crippen molar-refractivity contribution in [3.63, 3.8) is 0 Å². The predicted octanol–water partition coefficient (Wildman–Crippen LogP) is 4.79. The van der Waals surface area contributed by atoms with Crippen molar-refractivity contribution in [1.82, 2.24) is 5.32 Å². The van der Waals surface area contributed by atoms with Gasteiger partial charge in [-0.3, -0.25) is 0 Å². The second kappa shape index (κ2) is 7.00. The minimum atomic E-state index is -0.214. The van der Waals surface area contributed by atoms with E-state index in [1.807, 2.05) is 6.07 Å². The zero-order valence-electron chi connectivity index (χ0n) is 11.8. The number of halogens is 2. The highest BCUT2D eigenvalue weighted by atomic mass is 79.9. The number of benzene rings is 2. The van der Waals surface area contributed by atoms with Gasteiger partial charge in [0, 0.05) is 6.04 Å². The molecule has 1 atom stereocenters. The highest BCUT2D eigenvalue weighted by Gasteiger charge is 2.13. The summed E-state index contributed by atoms with van der Waals surface area (Å²) < 4.78 is 14.2. The van der Waals surface area contributed by atoms with E-state index in [9.17, 15) is 4.39 Å². The molecule has 0 aliphatic rings. The normalized spacial score (nSPS) is 12.4. The molecule has 0 saturated carbocycles. The van der Waals surface area contributed by atoms with E-state index < -0.39 is 0 Å². The zero-order chi connectivity index (χ0) is 14.5. The van der Waals surface area contributed by atoms with Crippen molar-refractivity contribution in [3.05, 3.63) is 69.4 Å². The molecule has 0 bridgehead atoms. The predicted molar refractivity (Wildman–Crippen MR) is 85.4 cm³/mol. The molecule has 0 aliphatic carbocycles. The van der Waals surface area contributed by atoms with Crippen molar-refractivity contribution >= 4 is 15.9 Å². The summed E-state index contributed by atoms with van der Waals surface area (Å²) in [6, 6.07) is 14.0. The maximum Gasteiger partial charge on any atom is 0.137 e. The number of rotatable bonds is 5. The maximum absolute atomic E-state index is 13.7. The van der Waals surface area contributed by atoms with Crippen LogP contribution in [0.1, 0.15) is 29.7 Å². The monoisotopic (exact) mass is 335 g/mol. The van der Waals surface area contributed by atoms with E-state index in [4.69, 9.17) is 0 Å². The Bertz CT molecular complexity index is 566. The number of hydrogen-bond acceptors (Lipinski definition) is 1. The summed E-state index contributed by atoms with van der Waals surface area (Å²) >= 11 is 3.20. The number of aryl methyl sites for hydroxylation is 1. The molecular formula is C17H19BrFN. The van der Waals surface area contributed by atoms with Crippen LogP contribution in [-0.4, -0.2) is 6.54 Å². The lowest BCUT2D eigenvalue weighted by Crippen LogP contribution is -2.23. The Morgan fingerprint density at radius 3 is 2.45 bits per heavy atom. The minimum absolute atomic E-state index is 0.130. The highest BCUT2D eigenvalue weighted by Crippen LogP contribution is 2.23. The number of nitrogens with one attached hydrogen (secondary N) is 1.